The quantitative estimate of drug-likeness (QED) is 0.525. The van der Waals surface area contributed by atoms with E-state index >= 15 is 0 Å². The predicted molar refractivity (Wildman–Crippen MR) is 105 cm³/mol. The SMILES string of the molecule is O=c1cc(C(O)C(F)(F)F)n(-c2cccc(-c3cccc4ncccc34)c2)cc1O. The smallest absolute Gasteiger partial charge is 0.420 e. The van der Waals surface area contributed by atoms with Crippen molar-refractivity contribution >= 4 is 10.9 Å². The minimum Gasteiger partial charge on any atom is -0.503 e. The van der Waals surface area contributed by atoms with Crippen LogP contribution >= 0.6 is 0 Å². The van der Waals surface area contributed by atoms with Crippen molar-refractivity contribution in [3.8, 4) is 22.6 Å². The number of fused-ring (bicyclic) bond motifs is 1. The van der Waals surface area contributed by atoms with Crippen LogP contribution in [-0.4, -0.2) is 25.9 Å². The standard InChI is InChI=1S/C22H15F3N2O3/c23-22(24,25)21(30)18-11-19(28)20(29)12-27(18)14-5-1-4-13(10-14)15-6-2-8-17-16(15)7-3-9-26-17/h1-12,21,29-30H. The Hall–Kier alpha value is -3.65. The van der Waals surface area contributed by atoms with E-state index < -0.39 is 29.2 Å². The first-order valence-electron chi connectivity index (χ1n) is 8.90. The molecule has 0 saturated carbocycles. The molecule has 0 fully saturated rings. The zero-order valence-electron chi connectivity index (χ0n) is 15.3. The van der Waals surface area contributed by atoms with Gasteiger partial charge in [0.2, 0.25) is 5.43 Å². The molecular weight excluding hydrogens is 397 g/mol. The van der Waals surface area contributed by atoms with Crippen LogP contribution in [-0.2, 0) is 0 Å². The molecule has 2 aromatic carbocycles. The fourth-order valence-corrected chi connectivity index (χ4v) is 3.32. The van der Waals surface area contributed by atoms with E-state index in [1.165, 1.54) is 6.07 Å². The topological polar surface area (TPSA) is 75.3 Å². The first-order chi connectivity index (χ1) is 14.3. The number of halogens is 3. The van der Waals surface area contributed by atoms with Crippen LogP contribution in [0, 0.1) is 0 Å². The number of hydrogen-bond acceptors (Lipinski definition) is 4. The van der Waals surface area contributed by atoms with Crippen molar-refractivity contribution in [2.45, 2.75) is 12.3 Å². The van der Waals surface area contributed by atoms with Crippen LogP contribution in [0.2, 0.25) is 0 Å². The molecular formula is C22H15F3N2O3. The van der Waals surface area contributed by atoms with Crippen LogP contribution in [0.15, 0.2) is 77.9 Å². The number of aromatic hydroxyl groups is 1. The summed E-state index contributed by atoms with van der Waals surface area (Å²) < 4.78 is 40.4. The van der Waals surface area contributed by atoms with Gasteiger partial charge in [0.25, 0.3) is 0 Å². The molecule has 1 unspecified atom stereocenters. The molecule has 2 heterocycles. The minimum atomic E-state index is -4.98. The molecule has 0 aliphatic heterocycles. The number of aliphatic hydroxyl groups excluding tert-OH is 1. The van der Waals surface area contributed by atoms with Crippen LogP contribution in [0.3, 0.4) is 0 Å². The van der Waals surface area contributed by atoms with Crippen molar-refractivity contribution in [1.29, 1.82) is 0 Å². The number of nitrogens with zero attached hydrogens (tertiary/aromatic N) is 2. The maximum absolute atomic E-state index is 13.1. The lowest BCUT2D eigenvalue weighted by Crippen LogP contribution is -2.25. The molecule has 0 saturated heterocycles. The molecule has 0 radical (unpaired) electrons. The van der Waals surface area contributed by atoms with Gasteiger partial charge < -0.3 is 14.8 Å². The molecule has 2 N–H and O–H groups in total. The monoisotopic (exact) mass is 412 g/mol. The average molecular weight is 412 g/mol. The van der Waals surface area contributed by atoms with Crippen LogP contribution in [0.1, 0.15) is 11.8 Å². The third-order valence-corrected chi connectivity index (χ3v) is 4.73. The molecule has 0 bridgehead atoms. The van der Waals surface area contributed by atoms with Gasteiger partial charge in [-0.05, 0) is 35.4 Å². The molecule has 30 heavy (non-hydrogen) atoms. The van der Waals surface area contributed by atoms with Crippen molar-refractivity contribution < 1.29 is 23.4 Å². The van der Waals surface area contributed by atoms with E-state index in [0.29, 0.717) is 11.6 Å². The average Bonchev–Trinajstić information content (AvgIpc) is 2.74. The van der Waals surface area contributed by atoms with Gasteiger partial charge in [-0.25, -0.2) is 0 Å². The number of benzene rings is 2. The molecule has 0 spiro atoms. The lowest BCUT2D eigenvalue weighted by atomic mass is 10.00. The highest BCUT2D eigenvalue weighted by Gasteiger charge is 2.41. The van der Waals surface area contributed by atoms with Crippen LogP contribution in [0.25, 0.3) is 27.7 Å². The van der Waals surface area contributed by atoms with Gasteiger partial charge >= 0.3 is 6.18 Å². The van der Waals surface area contributed by atoms with E-state index in [9.17, 15) is 28.2 Å². The fourth-order valence-electron chi connectivity index (χ4n) is 3.32. The van der Waals surface area contributed by atoms with Gasteiger partial charge in [0.05, 0.1) is 17.4 Å². The summed E-state index contributed by atoms with van der Waals surface area (Å²) in [5, 5.41) is 20.4. The summed E-state index contributed by atoms with van der Waals surface area (Å²) in [6, 6.07) is 16.3. The van der Waals surface area contributed by atoms with E-state index in [4.69, 9.17) is 0 Å². The third kappa shape index (κ3) is 3.53. The van der Waals surface area contributed by atoms with Crippen molar-refractivity contribution in [1.82, 2.24) is 9.55 Å². The minimum absolute atomic E-state index is 0.238. The highest BCUT2D eigenvalue weighted by Crippen LogP contribution is 2.34. The number of alkyl halides is 3. The Morgan fingerprint density at radius 2 is 1.77 bits per heavy atom. The lowest BCUT2D eigenvalue weighted by Gasteiger charge is -2.21. The number of hydrogen-bond donors (Lipinski definition) is 2. The summed E-state index contributed by atoms with van der Waals surface area (Å²) in [6.07, 6.45) is -5.34. The Bertz CT molecular complexity index is 1290. The predicted octanol–water partition coefficient (Wildman–Crippen LogP) is 4.35. The Labute approximate surface area is 168 Å². The van der Waals surface area contributed by atoms with Crippen LogP contribution < -0.4 is 5.43 Å². The second-order valence-corrected chi connectivity index (χ2v) is 6.69. The summed E-state index contributed by atoms with van der Waals surface area (Å²) in [7, 11) is 0. The van der Waals surface area contributed by atoms with Crippen molar-refractivity contribution in [3.05, 3.63) is 89.0 Å². The molecule has 0 amide bonds. The summed E-state index contributed by atoms with van der Waals surface area (Å²) in [5.74, 6) is -0.729. The van der Waals surface area contributed by atoms with Gasteiger partial charge in [0.15, 0.2) is 11.9 Å². The van der Waals surface area contributed by atoms with Crippen molar-refractivity contribution in [2.75, 3.05) is 0 Å². The van der Waals surface area contributed by atoms with Gasteiger partial charge in [-0.3, -0.25) is 9.78 Å². The molecule has 4 aromatic rings. The number of aromatic nitrogens is 2. The highest BCUT2D eigenvalue weighted by atomic mass is 19.4. The highest BCUT2D eigenvalue weighted by molar-refractivity contribution is 5.94. The second-order valence-electron chi connectivity index (χ2n) is 6.69. The Morgan fingerprint density at radius 3 is 2.53 bits per heavy atom. The molecule has 8 heteroatoms. The second kappa shape index (κ2) is 7.31. The van der Waals surface area contributed by atoms with Crippen molar-refractivity contribution in [3.63, 3.8) is 0 Å². The Kier molecular flexibility index (Phi) is 4.79. The van der Waals surface area contributed by atoms with Gasteiger partial charge in [-0.1, -0.05) is 30.3 Å². The summed E-state index contributed by atoms with van der Waals surface area (Å²) in [5.41, 5.74) is 0.793. The number of aliphatic hydroxyl groups is 1. The number of pyridine rings is 2. The van der Waals surface area contributed by atoms with E-state index in [1.807, 2.05) is 24.3 Å². The number of rotatable bonds is 3. The summed E-state index contributed by atoms with van der Waals surface area (Å²) in [6.45, 7) is 0. The van der Waals surface area contributed by atoms with Gasteiger partial charge in [0.1, 0.15) is 0 Å². The summed E-state index contributed by atoms with van der Waals surface area (Å²) >= 11 is 0. The zero-order chi connectivity index (χ0) is 21.5. The molecule has 5 nitrogen and oxygen atoms in total. The van der Waals surface area contributed by atoms with Crippen LogP contribution in [0.5, 0.6) is 5.75 Å². The Balaban J connectivity index is 1.91. The maximum Gasteiger partial charge on any atom is 0.420 e. The van der Waals surface area contributed by atoms with Crippen LogP contribution in [0.4, 0.5) is 13.2 Å². The first kappa shape index (κ1) is 19.7. The molecule has 0 aliphatic rings. The molecule has 4 rings (SSSR count). The van der Waals surface area contributed by atoms with E-state index in [-0.39, 0.29) is 5.69 Å². The maximum atomic E-state index is 13.1. The third-order valence-electron chi connectivity index (χ3n) is 4.73. The van der Waals surface area contributed by atoms with E-state index in [1.54, 1.807) is 30.5 Å². The molecule has 0 aliphatic carbocycles. The fraction of sp³-hybridized carbons (Fsp3) is 0.0909. The normalized spacial score (nSPS) is 12.8. The molecule has 152 valence electrons. The zero-order valence-corrected chi connectivity index (χ0v) is 15.3. The lowest BCUT2D eigenvalue weighted by molar-refractivity contribution is -0.208. The van der Waals surface area contributed by atoms with Gasteiger partial charge in [0, 0.05) is 23.3 Å². The molecule has 2 aromatic heterocycles. The van der Waals surface area contributed by atoms with E-state index in [2.05, 4.69) is 4.98 Å². The Morgan fingerprint density at radius 1 is 1.00 bits per heavy atom. The first-order valence-corrected chi connectivity index (χ1v) is 8.90. The summed E-state index contributed by atoms with van der Waals surface area (Å²) in [4.78, 5) is 16.0. The van der Waals surface area contributed by atoms with E-state index in [0.717, 1.165) is 27.2 Å². The molecule has 1 atom stereocenters. The van der Waals surface area contributed by atoms with Crippen molar-refractivity contribution in [2.24, 2.45) is 0 Å². The largest absolute Gasteiger partial charge is 0.503 e. The van der Waals surface area contributed by atoms with Gasteiger partial charge in [-0.15, -0.1) is 0 Å². The van der Waals surface area contributed by atoms with Gasteiger partial charge in [-0.2, -0.15) is 13.2 Å².